The molecule has 0 aliphatic heterocycles. The van der Waals surface area contributed by atoms with Crippen LogP contribution in [0, 0.1) is 0 Å². The van der Waals surface area contributed by atoms with E-state index in [1.165, 1.54) is 5.56 Å². The van der Waals surface area contributed by atoms with Crippen LogP contribution >= 0.6 is 0 Å². The molecule has 2 rings (SSSR count). The molecule has 0 fully saturated rings. The van der Waals surface area contributed by atoms with E-state index >= 15 is 0 Å². The Bertz CT molecular complexity index is 360. The third-order valence-electron chi connectivity index (χ3n) is 2.36. The van der Waals surface area contributed by atoms with Crippen LogP contribution in [-0.4, -0.2) is 17.2 Å². The minimum atomic E-state index is 0.182. The van der Waals surface area contributed by atoms with Crippen molar-refractivity contribution in [3.63, 3.8) is 0 Å². The molecule has 0 aliphatic carbocycles. The Morgan fingerprint density at radius 3 is 2.40 bits per heavy atom. The van der Waals surface area contributed by atoms with Gasteiger partial charge in [0.1, 0.15) is 0 Å². The molecule has 3 heteroatoms. The van der Waals surface area contributed by atoms with Crippen molar-refractivity contribution in [3.8, 4) is 0 Å². The second kappa shape index (κ2) is 4.66. The Balaban J connectivity index is 2.34. The van der Waals surface area contributed by atoms with Crippen LogP contribution in [0.5, 0.6) is 0 Å². The highest BCUT2D eigenvalue weighted by molar-refractivity contribution is 5.28. The lowest BCUT2D eigenvalue weighted by molar-refractivity contribution is 0.685. The van der Waals surface area contributed by atoms with Gasteiger partial charge in [-0.25, -0.2) is 0 Å². The van der Waals surface area contributed by atoms with Gasteiger partial charge >= 0.3 is 0 Å². The quantitative estimate of drug-likeness (QED) is 0.818. The van der Waals surface area contributed by atoms with Crippen LogP contribution in [0.25, 0.3) is 0 Å². The zero-order valence-corrected chi connectivity index (χ0v) is 8.59. The summed E-state index contributed by atoms with van der Waals surface area (Å²) in [5, 5.41) is 10.9. The number of aromatic nitrogens is 2. The first-order valence-corrected chi connectivity index (χ1v) is 4.90. The van der Waals surface area contributed by atoms with Gasteiger partial charge in [-0.05, 0) is 24.2 Å². The minimum absolute atomic E-state index is 0.182. The average molecular weight is 199 g/mol. The Morgan fingerprint density at radius 1 is 1.00 bits per heavy atom. The zero-order valence-electron chi connectivity index (χ0n) is 8.59. The summed E-state index contributed by atoms with van der Waals surface area (Å²) in [4.78, 5) is 0. The van der Waals surface area contributed by atoms with Gasteiger partial charge in [-0.1, -0.05) is 30.3 Å². The first kappa shape index (κ1) is 9.80. The molecular weight excluding hydrogens is 186 g/mol. The van der Waals surface area contributed by atoms with Gasteiger partial charge < -0.3 is 5.32 Å². The second-order valence-corrected chi connectivity index (χ2v) is 3.31. The number of nitrogens with zero attached hydrogens (tertiary/aromatic N) is 2. The molecule has 0 aliphatic rings. The molecule has 1 N–H and O–H groups in total. The summed E-state index contributed by atoms with van der Waals surface area (Å²) in [7, 11) is 1.94. The highest BCUT2D eigenvalue weighted by Gasteiger charge is 2.10. The molecule has 0 saturated heterocycles. The van der Waals surface area contributed by atoms with Crippen molar-refractivity contribution in [1.82, 2.24) is 15.5 Å². The van der Waals surface area contributed by atoms with E-state index in [4.69, 9.17) is 0 Å². The Kier molecular flexibility index (Phi) is 3.05. The Hall–Kier alpha value is -1.74. The molecule has 3 nitrogen and oxygen atoms in total. The van der Waals surface area contributed by atoms with Crippen LogP contribution in [0.4, 0.5) is 0 Å². The van der Waals surface area contributed by atoms with Crippen LogP contribution in [0.2, 0.25) is 0 Å². The molecule has 1 aromatic heterocycles. The van der Waals surface area contributed by atoms with E-state index in [2.05, 4.69) is 27.6 Å². The predicted octanol–water partition coefficient (Wildman–Crippen LogP) is 1.79. The van der Waals surface area contributed by atoms with Gasteiger partial charge in [-0.15, -0.1) is 0 Å². The highest BCUT2D eigenvalue weighted by Crippen LogP contribution is 2.19. The van der Waals surface area contributed by atoms with Gasteiger partial charge in [0, 0.05) is 6.20 Å². The standard InChI is InChI=1S/C12H13N3/c1-13-12(10-5-3-2-4-6-10)11-7-8-14-15-9-11/h2-9,12-13H,1H3. The first-order valence-electron chi connectivity index (χ1n) is 4.90. The summed E-state index contributed by atoms with van der Waals surface area (Å²) < 4.78 is 0. The second-order valence-electron chi connectivity index (χ2n) is 3.31. The smallest absolute Gasteiger partial charge is 0.0590 e. The van der Waals surface area contributed by atoms with Crippen LogP contribution in [0.1, 0.15) is 17.2 Å². The van der Waals surface area contributed by atoms with Crippen molar-refractivity contribution < 1.29 is 0 Å². The lowest BCUT2D eigenvalue weighted by atomic mass is 10.0. The fraction of sp³-hybridized carbons (Fsp3) is 0.167. The number of rotatable bonds is 3. The van der Waals surface area contributed by atoms with E-state index < -0.39 is 0 Å². The normalized spacial score (nSPS) is 12.3. The van der Waals surface area contributed by atoms with Crippen molar-refractivity contribution in [1.29, 1.82) is 0 Å². The van der Waals surface area contributed by atoms with E-state index in [-0.39, 0.29) is 6.04 Å². The van der Waals surface area contributed by atoms with Gasteiger partial charge in [0.05, 0.1) is 12.2 Å². The fourth-order valence-electron chi connectivity index (χ4n) is 1.64. The number of nitrogens with one attached hydrogen (secondary N) is 1. The number of hydrogen-bond donors (Lipinski definition) is 1. The van der Waals surface area contributed by atoms with E-state index in [0.29, 0.717) is 0 Å². The van der Waals surface area contributed by atoms with Crippen LogP contribution < -0.4 is 5.32 Å². The van der Waals surface area contributed by atoms with Crippen molar-refractivity contribution in [3.05, 3.63) is 59.9 Å². The summed E-state index contributed by atoms with van der Waals surface area (Å²) >= 11 is 0. The van der Waals surface area contributed by atoms with E-state index in [1.54, 1.807) is 12.4 Å². The monoisotopic (exact) mass is 199 g/mol. The van der Waals surface area contributed by atoms with Gasteiger partial charge in [-0.2, -0.15) is 10.2 Å². The van der Waals surface area contributed by atoms with Crippen molar-refractivity contribution in [2.24, 2.45) is 0 Å². The zero-order chi connectivity index (χ0) is 10.5. The van der Waals surface area contributed by atoms with Crippen molar-refractivity contribution in [2.45, 2.75) is 6.04 Å². The van der Waals surface area contributed by atoms with Gasteiger partial charge in [0.25, 0.3) is 0 Å². The molecule has 0 saturated carbocycles. The lowest BCUT2D eigenvalue weighted by Crippen LogP contribution is -2.17. The molecule has 1 heterocycles. The molecule has 1 atom stereocenters. The third-order valence-corrected chi connectivity index (χ3v) is 2.36. The predicted molar refractivity (Wildman–Crippen MR) is 59.4 cm³/mol. The van der Waals surface area contributed by atoms with Crippen LogP contribution in [-0.2, 0) is 0 Å². The number of benzene rings is 1. The first-order chi connectivity index (χ1) is 7.42. The third kappa shape index (κ3) is 2.19. The molecular formula is C12H13N3. The van der Waals surface area contributed by atoms with Gasteiger partial charge in [0.2, 0.25) is 0 Å². The van der Waals surface area contributed by atoms with Crippen molar-refractivity contribution in [2.75, 3.05) is 7.05 Å². The summed E-state index contributed by atoms with van der Waals surface area (Å²) in [5.41, 5.74) is 2.35. The van der Waals surface area contributed by atoms with E-state index in [9.17, 15) is 0 Å². The molecule has 1 unspecified atom stereocenters. The van der Waals surface area contributed by atoms with E-state index in [1.807, 2.05) is 31.3 Å². The summed E-state index contributed by atoms with van der Waals surface area (Å²) in [6.07, 6.45) is 3.50. The Labute approximate surface area is 89.2 Å². The Morgan fingerprint density at radius 2 is 1.80 bits per heavy atom. The highest BCUT2D eigenvalue weighted by atomic mass is 15.1. The molecule has 0 spiro atoms. The molecule has 0 bridgehead atoms. The van der Waals surface area contributed by atoms with E-state index in [0.717, 1.165) is 5.56 Å². The largest absolute Gasteiger partial charge is 0.309 e. The maximum absolute atomic E-state index is 3.89. The molecule has 1 aromatic carbocycles. The fourth-order valence-corrected chi connectivity index (χ4v) is 1.64. The molecule has 0 amide bonds. The number of hydrogen-bond acceptors (Lipinski definition) is 3. The molecule has 2 aromatic rings. The lowest BCUT2D eigenvalue weighted by Gasteiger charge is -2.15. The van der Waals surface area contributed by atoms with Gasteiger partial charge in [-0.3, -0.25) is 0 Å². The maximum atomic E-state index is 3.89. The van der Waals surface area contributed by atoms with Crippen molar-refractivity contribution >= 4 is 0 Å². The van der Waals surface area contributed by atoms with Crippen LogP contribution in [0.15, 0.2) is 48.8 Å². The average Bonchev–Trinajstić information content (AvgIpc) is 2.33. The topological polar surface area (TPSA) is 37.8 Å². The van der Waals surface area contributed by atoms with Crippen LogP contribution in [0.3, 0.4) is 0 Å². The summed E-state index contributed by atoms with van der Waals surface area (Å²) in [6.45, 7) is 0. The molecule has 15 heavy (non-hydrogen) atoms. The SMILES string of the molecule is CNC(c1ccccc1)c1ccnnc1. The summed E-state index contributed by atoms with van der Waals surface area (Å²) in [5.74, 6) is 0. The van der Waals surface area contributed by atoms with Gasteiger partial charge in [0.15, 0.2) is 0 Å². The maximum Gasteiger partial charge on any atom is 0.0590 e. The summed E-state index contributed by atoms with van der Waals surface area (Å²) in [6, 6.07) is 12.4. The molecule has 0 radical (unpaired) electrons. The minimum Gasteiger partial charge on any atom is -0.309 e. The molecule has 76 valence electrons.